The topological polar surface area (TPSA) is 90.9 Å². The molecule has 2 aromatic carbocycles. The second kappa shape index (κ2) is 7.62. The number of aromatic nitrogens is 4. The minimum absolute atomic E-state index is 0.143. The standard InChI is InChI=1S/C22H23N5O3/c1-4-16(13-27-21(29)17-8-6-5-7-15(17)12-23-27)24-20(28)14-9-10-18-19(11-14)26(3)22(30)25(18)2/h5-12,16H,4,13H2,1-3H3,(H,24,28)/t16-/m0/s1. The minimum atomic E-state index is -0.265. The first-order chi connectivity index (χ1) is 14.4. The molecule has 1 atom stereocenters. The zero-order chi connectivity index (χ0) is 21.4. The third-order valence-corrected chi connectivity index (χ3v) is 5.52. The molecule has 0 bridgehead atoms. The van der Waals surface area contributed by atoms with E-state index in [2.05, 4.69) is 10.4 Å². The molecule has 0 aliphatic heterocycles. The van der Waals surface area contributed by atoms with Gasteiger partial charge in [-0.2, -0.15) is 5.10 Å². The molecule has 0 unspecified atom stereocenters. The number of imidazole rings is 1. The van der Waals surface area contributed by atoms with Crippen LogP contribution in [0.15, 0.2) is 58.3 Å². The van der Waals surface area contributed by atoms with Crippen molar-refractivity contribution < 1.29 is 4.79 Å². The van der Waals surface area contributed by atoms with Gasteiger partial charge in [0, 0.05) is 31.1 Å². The third-order valence-electron chi connectivity index (χ3n) is 5.52. The summed E-state index contributed by atoms with van der Waals surface area (Å²) in [6.07, 6.45) is 2.30. The summed E-state index contributed by atoms with van der Waals surface area (Å²) in [5.41, 5.74) is 1.59. The van der Waals surface area contributed by atoms with Gasteiger partial charge < -0.3 is 5.32 Å². The van der Waals surface area contributed by atoms with Gasteiger partial charge in [0.2, 0.25) is 0 Å². The van der Waals surface area contributed by atoms with Crippen LogP contribution in [0.1, 0.15) is 23.7 Å². The maximum absolute atomic E-state index is 12.8. The molecule has 8 heteroatoms. The van der Waals surface area contributed by atoms with E-state index in [1.54, 1.807) is 49.1 Å². The molecule has 0 fully saturated rings. The summed E-state index contributed by atoms with van der Waals surface area (Å²) in [7, 11) is 3.38. The number of hydrogen-bond acceptors (Lipinski definition) is 4. The summed E-state index contributed by atoms with van der Waals surface area (Å²) in [5, 5.41) is 8.62. The van der Waals surface area contributed by atoms with Crippen molar-refractivity contribution in [3.8, 4) is 0 Å². The lowest BCUT2D eigenvalue weighted by atomic mass is 10.1. The number of benzene rings is 2. The van der Waals surface area contributed by atoms with Crippen LogP contribution >= 0.6 is 0 Å². The van der Waals surface area contributed by atoms with Crippen LogP contribution in [0.3, 0.4) is 0 Å². The molecule has 1 N–H and O–H groups in total. The lowest BCUT2D eigenvalue weighted by Crippen LogP contribution is -2.40. The highest BCUT2D eigenvalue weighted by Gasteiger charge is 2.17. The summed E-state index contributed by atoms with van der Waals surface area (Å²) in [4.78, 5) is 37.6. The molecule has 0 aliphatic rings. The predicted molar refractivity (Wildman–Crippen MR) is 116 cm³/mol. The first kappa shape index (κ1) is 19.6. The van der Waals surface area contributed by atoms with Gasteiger partial charge in [0.15, 0.2) is 0 Å². The van der Waals surface area contributed by atoms with Crippen molar-refractivity contribution in [3.05, 3.63) is 75.1 Å². The molecule has 30 heavy (non-hydrogen) atoms. The van der Waals surface area contributed by atoms with Crippen molar-refractivity contribution in [2.24, 2.45) is 14.1 Å². The smallest absolute Gasteiger partial charge is 0.328 e. The fourth-order valence-corrected chi connectivity index (χ4v) is 3.66. The van der Waals surface area contributed by atoms with E-state index in [0.29, 0.717) is 22.9 Å². The van der Waals surface area contributed by atoms with Gasteiger partial charge in [-0.05, 0) is 30.7 Å². The normalized spacial score (nSPS) is 12.4. The number of carbonyl (C=O) groups excluding carboxylic acids is 1. The maximum atomic E-state index is 12.8. The maximum Gasteiger partial charge on any atom is 0.328 e. The Morgan fingerprint density at radius 3 is 2.57 bits per heavy atom. The predicted octanol–water partition coefficient (Wildman–Crippen LogP) is 1.80. The van der Waals surface area contributed by atoms with Gasteiger partial charge in [0.25, 0.3) is 11.5 Å². The third kappa shape index (κ3) is 3.30. The van der Waals surface area contributed by atoms with E-state index in [1.165, 1.54) is 9.25 Å². The highest BCUT2D eigenvalue weighted by molar-refractivity contribution is 5.97. The van der Waals surface area contributed by atoms with Crippen LogP contribution in [0.2, 0.25) is 0 Å². The van der Waals surface area contributed by atoms with Crippen molar-refractivity contribution in [2.75, 3.05) is 0 Å². The molecule has 0 aliphatic carbocycles. The molecule has 0 spiro atoms. The van der Waals surface area contributed by atoms with Gasteiger partial charge >= 0.3 is 5.69 Å². The molecule has 0 saturated heterocycles. The molecule has 0 saturated carbocycles. The van der Waals surface area contributed by atoms with Crippen molar-refractivity contribution in [3.63, 3.8) is 0 Å². The van der Waals surface area contributed by atoms with Gasteiger partial charge in [0.1, 0.15) is 0 Å². The summed E-state index contributed by atoms with van der Waals surface area (Å²) in [6, 6.07) is 12.2. The van der Waals surface area contributed by atoms with E-state index in [9.17, 15) is 14.4 Å². The molecule has 4 rings (SSSR count). The second-order valence-corrected chi connectivity index (χ2v) is 7.40. The summed E-state index contributed by atoms with van der Waals surface area (Å²) < 4.78 is 4.45. The lowest BCUT2D eigenvalue weighted by Gasteiger charge is -2.18. The minimum Gasteiger partial charge on any atom is -0.347 e. The Kier molecular flexibility index (Phi) is 4.99. The van der Waals surface area contributed by atoms with Crippen LogP contribution in [-0.2, 0) is 20.6 Å². The van der Waals surface area contributed by atoms with Crippen molar-refractivity contribution in [1.29, 1.82) is 0 Å². The highest BCUT2D eigenvalue weighted by Crippen LogP contribution is 2.14. The van der Waals surface area contributed by atoms with E-state index in [4.69, 9.17) is 0 Å². The number of carbonyl (C=O) groups is 1. The van der Waals surface area contributed by atoms with Gasteiger partial charge in [-0.25, -0.2) is 9.48 Å². The second-order valence-electron chi connectivity index (χ2n) is 7.40. The molecule has 2 heterocycles. The molecular weight excluding hydrogens is 382 g/mol. The quantitative estimate of drug-likeness (QED) is 0.548. The van der Waals surface area contributed by atoms with Gasteiger partial charge in [-0.3, -0.25) is 18.7 Å². The summed E-state index contributed by atoms with van der Waals surface area (Å²) in [6.45, 7) is 2.22. The molecule has 1 amide bonds. The molecular formula is C22H23N5O3. The van der Waals surface area contributed by atoms with Crippen molar-refractivity contribution >= 4 is 27.7 Å². The van der Waals surface area contributed by atoms with Gasteiger partial charge in [-0.1, -0.05) is 25.1 Å². The van der Waals surface area contributed by atoms with Gasteiger partial charge in [-0.15, -0.1) is 0 Å². The van der Waals surface area contributed by atoms with Crippen LogP contribution < -0.4 is 16.6 Å². The number of aryl methyl sites for hydroxylation is 2. The number of hydrogen-bond donors (Lipinski definition) is 1. The van der Waals surface area contributed by atoms with Crippen LogP contribution in [-0.4, -0.2) is 30.9 Å². The molecule has 154 valence electrons. The zero-order valence-corrected chi connectivity index (χ0v) is 17.1. The number of fused-ring (bicyclic) bond motifs is 2. The van der Waals surface area contributed by atoms with Crippen LogP contribution in [0.5, 0.6) is 0 Å². The zero-order valence-electron chi connectivity index (χ0n) is 17.1. The lowest BCUT2D eigenvalue weighted by molar-refractivity contribution is 0.0931. The summed E-state index contributed by atoms with van der Waals surface area (Å²) >= 11 is 0. The van der Waals surface area contributed by atoms with Crippen LogP contribution in [0.4, 0.5) is 0 Å². The fraction of sp³-hybridized carbons (Fsp3) is 0.273. The Balaban J connectivity index is 1.58. The van der Waals surface area contributed by atoms with E-state index >= 15 is 0 Å². The van der Waals surface area contributed by atoms with E-state index in [1.807, 2.05) is 25.1 Å². The molecule has 2 aromatic heterocycles. The molecule has 0 radical (unpaired) electrons. The first-order valence-corrected chi connectivity index (χ1v) is 9.82. The van der Waals surface area contributed by atoms with Crippen molar-refractivity contribution in [2.45, 2.75) is 25.9 Å². The van der Waals surface area contributed by atoms with E-state index in [-0.39, 0.29) is 29.7 Å². The van der Waals surface area contributed by atoms with E-state index in [0.717, 1.165) is 10.9 Å². The Labute approximate surface area is 172 Å². The summed E-state index contributed by atoms with van der Waals surface area (Å²) in [5.74, 6) is -0.256. The number of nitrogens with zero attached hydrogens (tertiary/aromatic N) is 4. The number of amides is 1. The Morgan fingerprint density at radius 2 is 1.80 bits per heavy atom. The average molecular weight is 405 g/mol. The number of rotatable bonds is 5. The Morgan fingerprint density at radius 1 is 1.07 bits per heavy atom. The van der Waals surface area contributed by atoms with Crippen LogP contribution in [0, 0.1) is 0 Å². The van der Waals surface area contributed by atoms with E-state index < -0.39 is 0 Å². The number of nitrogens with one attached hydrogen (secondary N) is 1. The monoisotopic (exact) mass is 405 g/mol. The van der Waals surface area contributed by atoms with Crippen LogP contribution in [0.25, 0.3) is 21.8 Å². The Hall–Kier alpha value is -3.68. The average Bonchev–Trinajstić information content (AvgIpc) is 2.98. The Bertz CT molecular complexity index is 1380. The fourth-order valence-electron chi connectivity index (χ4n) is 3.66. The molecule has 8 nitrogen and oxygen atoms in total. The highest BCUT2D eigenvalue weighted by atomic mass is 16.2. The first-order valence-electron chi connectivity index (χ1n) is 9.82. The SMILES string of the molecule is CC[C@@H](Cn1ncc2ccccc2c1=O)NC(=O)c1ccc2c(c1)n(C)c(=O)n2C. The molecule has 4 aromatic rings. The van der Waals surface area contributed by atoms with Crippen molar-refractivity contribution in [1.82, 2.24) is 24.2 Å². The van der Waals surface area contributed by atoms with Gasteiger partial charge in [0.05, 0.1) is 29.2 Å². The largest absolute Gasteiger partial charge is 0.347 e.